The van der Waals surface area contributed by atoms with E-state index in [0.29, 0.717) is 5.56 Å². The van der Waals surface area contributed by atoms with Crippen LogP contribution in [0.15, 0.2) is 24.3 Å². The third-order valence-electron chi connectivity index (χ3n) is 1.89. The minimum absolute atomic E-state index is 0.0222. The van der Waals surface area contributed by atoms with Gasteiger partial charge in [0, 0.05) is 12.1 Å². The normalized spacial score (nSPS) is 11.0. The molecule has 0 N–H and O–H groups in total. The number of nitrogens with zero attached hydrogens (tertiary/aromatic N) is 1. The number of hydrogen-bond acceptors (Lipinski definition) is 4. The molecule has 5 heteroatoms. The van der Waals surface area contributed by atoms with Crippen molar-refractivity contribution < 1.29 is 14.5 Å². The zero-order valence-electron chi connectivity index (χ0n) is 10.1. The largest absolute Gasteiger partial charge is 0.460 e. The Bertz CT molecular complexity index is 434. The Labute approximate surface area is 99.5 Å². The van der Waals surface area contributed by atoms with Gasteiger partial charge in [0.2, 0.25) is 0 Å². The molecule has 1 aromatic rings. The Balaban J connectivity index is 2.72. The van der Waals surface area contributed by atoms with Crippen molar-refractivity contribution in [3.8, 4) is 0 Å². The maximum absolute atomic E-state index is 11.5. The summed E-state index contributed by atoms with van der Waals surface area (Å²) in [5, 5.41) is 10.6. The molecule has 0 spiro atoms. The number of hydrogen-bond donors (Lipinski definition) is 0. The van der Waals surface area contributed by atoms with E-state index in [1.165, 1.54) is 12.1 Å². The molecule has 0 aliphatic carbocycles. The Kier molecular flexibility index (Phi) is 3.83. The van der Waals surface area contributed by atoms with Crippen LogP contribution in [0.5, 0.6) is 0 Å². The van der Waals surface area contributed by atoms with Crippen LogP contribution in [0.2, 0.25) is 0 Å². The highest BCUT2D eigenvalue weighted by molar-refractivity contribution is 5.73. The lowest BCUT2D eigenvalue weighted by atomic mass is 10.1. The number of ether oxygens (including phenoxy) is 1. The molecule has 0 aromatic heterocycles. The standard InChI is InChI=1S/C12H15NO4/c1-12(2,3)17-11(14)8-9-5-4-6-10(7-9)13(15)16/h4-7H,8H2,1-3H3. The molecule has 0 aliphatic rings. The SMILES string of the molecule is CC(C)(C)OC(=O)Cc1cccc([N+](=O)[O-])c1. The predicted octanol–water partition coefficient (Wildman–Crippen LogP) is 2.48. The van der Waals surface area contributed by atoms with Crippen LogP contribution in [0.4, 0.5) is 5.69 Å². The van der Waals surface area contributed by atoms with Crippen molar-refractivity contribution >= 4 is 11.7 Å². The monoisotopic (exact) mass is 237 g/mol. The Morgan fingerprint density at radius 1 is 1.41 bits per heavy atom. The van der Waals surface area contributed by atoms with Crippen LogP contribution in [0, 0.1) is 10.1 Å². The number of nitro benzene ring substituents is 1. The first-order valence-electron chi connectivity index (χ1n) is 5.23. The lowest BCUT2D eigenvalue weighted by Crippen LogP contribution is -2.24. The van der Waals surface area contributed by atoms with Crippen molar-refractivity contribution in [1.82, 2.24) is 0 Å². The topological polar surface area (TPSA) is 69.4 Å². The van der Waals surface area contributed by atoms with E-state index in [1.54, 1.807) is 32.9 Å². The van der Waals surface area contributed by atoms with Crippen molar-refractivity contribution in [2.75, 3.05) is 0 Å². The van der Waals surface area contributed by atoms with Crippen molar-refractivity contribution in [1.29, 1.82) is 0 Å². The minimum atomic E-state index is -0.544. The molecule has 1 rings (SSSR count). The Hall–Kier alpha value is -1.91. The fraction of sp³-hybridized carbons (Fsp3) is 0.417. The number of nitro groups is 1. The molecule has 0 amide bonds. The Morgan fingerprint density at radius 2 is 2.06 bits per heavy atom. The van der Waals surface area contributed by atoms with E-state index in [4.69, 9.17) is 4.74 Å². The fourth-order valence-electron chi connectivity index (χ4n) is 1.32. The minimum Gasteiger partial charge on any atom is -0.460 e. The van der Waals surface area contributed by atoms with Gasteiger partial charge >= 0.3 is 5.97 Å². The van der Waals surface area contributed by atoms with Crippen molar-refractivity contribution in [2.45, 2.75) is 32.8 Å². The van der Waals surface area contributed by atoms with Gasteiger partial charge in [0.1, 0.15) is 5.60 Å². The molecule has 92 valence electrons. The average Bonchev–Trinajstić information content (AvgIpc) is 2.14. The molecule has 0 unspecified atom stereocenters. The lowest BCUT2D eigenvalue weighted by Gasteiger charge is -2.19. The van der Waals surface area contributed by atoms with Gasteiger partial charge in [-0.25, -0.2) is 0 Å². The highest BCUT2D eigenvalue weighted by Gasteiger charge is 2.17. The summed E-state index contributed by atoms with van der Waals surface area (Å²) in [6, 6.07) is 5.98. The molecule has 17 heavy (non-hydrogen) atoms. The summed E-state index contributed by atoms with van der Waals surface area (Å²) in [5.41, 5.74) is 0.0112. The highest BCUT2D eigenvalue weighted by Crippen LogP contribution is 2.15. The second-order valence-corrected chi connectivity index (χ2v) is 4.69. The molecule has 5 nitrogen and oxygen atoms in total. The first kappa shape index (κ1) is 13.2. The van der Waals surface area contributed by atoms with Crippen molar-refractivity contribution in [2.24, 2.45) is 0 Å². The smallest absolute Gasteiger partial charge is 0.310 e. The molecule has 0 saturated carbocycles. The number of benzene rings is 1. The maximum Gasteiger partial charge on any atom is 0.310 e. The second-order valence-electron chi connectivity index (χ2n) is 4.69. The second kappa shape index (κ2) is 4.95. The molecular weight excluding hydrogens is 222 g/mol. The van der Waals surface area contributed by atoms with Gasteiger partial charge in [-0.2, -0.15) is 0 Å². The first-order valence-corrected chi connectivity index (χ1v) is 5.23. The molecule has 0 radical (unpaired) electrons. The lowest BCUT2D eigenvalue weighted by molar-refractivity contribution is -0.384. The van der Waals surface area contributed by atoms with Gasteiger partial charge in [0.05, 0.1) is 11.3 Å². The molecule has 0 bridgehead atoms. The first-order chi connectivity index (χ1) is 7.78. The summed E-state index contributed by atoms with van der Waals surface area (Å²) in [7, 11) is 0. The predicted molar refractivity (Wildman–Crippen MR) is 62.6 cm³/mol. The molecule has 1 aromatic carbocycles. The van der Waals surface area contributed by atoms with Gasteiger partial charge in [-0.05, 0) is 26.3 Å². The van der Waals surface area contributed by atoms with E-state index in [1.807, 2.05) is 0 Å². The van der Waals surface area contributed by atoms with Gasteiger partial charge in [0.15, 0.2) is 0 Å². The Morgan fingerprint density at radius 3 is 2.59 bits per heavy atom. The van der Waals surface area contributed by atoms with Gasteiger partial charge in [-0.15, -0.1) is 0 Å². The van der Waals surface area contributed by atoms with E-state index >= 15 is 0 Å². The van der Waals surface area contributed by atoms with Gasteiger partial charge in [-0.1, -0.05) is 12.1 Å². The fourth-order valence-corrected chi connectivity index (χ4v) is 1.32. The molecule has 0 saturated heterocycles. The summed E-state index contributed by atoms with van der Waals surface area (Å²) in [5.74, 6) is -0.391. The third-order valence-corrected chi connectivity index (χ3v) is 1.89. The summed E-state index contributed by atoms with van der Waals surface area (Å²) in [6.07, 6.45) is 0.0406. The molecule has 0 atom stereocenters. The summed E-state index contributed by atoms with van der Waals surface area (Å²) in [6.45, 7) is 5.33. The maximum atomic E-state index is 11.5. The van der Waals surface area contributed by atoms with Crippen LogP contribution in [0.25, 0.3) is 0 Å². The zero-order valence-corrected chi connectivity index (χ0v) is 10.1. The van der Waals surface area contributed by atoms with E-state index < -0.39 is 16.5 Å². The van der Waals surface area contributed by atoms with Crippen LogP contribution in [0.1, 0.15) is 26.3 Å². The van der Waals surface area contributed by atoms with Crippen LogP contribution < -0.4 is 0 Å². The van der Waals surface area contributed by atoms with Gasteiger partial charge in [-0.3, -0.25) is 14.9 Å². The van der Waals surface area contributed by atoms with Crippen molar-refractivity contribution in [3.63, 3.8) is 0 Å². The molecule has 0 aliphatic heterocycles. The van der Waals surface area contributed by atoms with Crippen molar-refractivity contribution in [3.05, 3.63) is 39.9 Å². The molecule has 0 heterocycles. The molecular formula is C12H15NO4. The highest BCUT2D eigenvalue weighted by atomic mass is 16.6. The van der Waals surface area contributed by atoms with Crippen LogP contribution >= 0.6 is 0 Å². The number of carbonyl (C=O) groups excluding carboxylic acids is 1. The van der Waals surface area contributed by atoms with E-state index in [-0.39, 0.29) is 12.1 Å². The third kappa shape index (κ3) is 4.63. The number of non-ortho nitro benzene ring substituents is 1. The number of rotatable bonds is 3. The van der Waals surface area contributed by atoms with Gasteiger partial charge < -0.3 is 4.74 Å². The van der Waals surface area contributed by atoms with Crippen LogP contribution in [-0.2, 0) is 16.0 Å². The zero-order chi connectivity index (χ0) is 13.1. The molecule has 0 fully saturated rings. The number of esters is 1. The van der Waals surface area contributed by atoms with E-state index in [9.17, 15) is 14.9 Å². The average molecular weight is 237 g/mol. The summed E-state index contributed by atoms with van der Waals surface area (Å²) >= 11 is 0. The summed E-state index contributed by atoms with van der Waals surface area (Å²) < 4.78 is 5.13. The van der Waals surface area contributed by atoms with E-state index in [0.717, 1.165) is 0 Å². The number of carbonyl (C=O) groups is 1. The van der Waals surface area contributed by atoms with Gasteiger partial charge in [0.25, 0.3) is 5.69 Å². The van der Waals surface area contributed by atoms with Crippen LogP contribution in [0.3, 0.4) is 0 Å². The quantitative estimate of drug-likeness (QED) is 0.460. The van der Waals surface area contributed by atoms with Crippen LogP contribution in [-0.4, -0.2) is 16.5 Å². The summed E-state index contributed by atoms with van der Waals surface area (Å²) in [4.78, 5) is 21.6. The van der Waals surface area contributed by atoms with E-state index in [2.05, 4.69) is 0 Å².